The van der Waals surface area contributed by atoms with Crippen molar-refractivity contribution in [3.05, 3.63) is 21.3 Å². The van der Waals surface area contributed by atoms with Gasteiger partial charge in [-0.1, -0.05) is 24.4 Å². The summed E-state index contributed by atoms with van der Waals surface area (Å²) in [6.07, 6.45) is 3.39. The van der Waals surface area contributed by atoms with E-state index in [1.807, 2.05) is 6.07 Å². The molecule has 1 aliphatic heterocycles. The van der Waals surface area contributed by atoms with Crippen molar-refractivity contribution in [2.75, 3.05) is 6.54 Å². The van der Waals surface area contributed by atoms with Gasteiger partial charge in [0.1, 0.15) is 5.54 Å². The highest BCUT2D eigenvalue weighted by Crippen LogP contribution is 2.35. The summed E-state index contributed by atoms with van der Waals surface area (Å²) >= 11 is 7.24. The van der Waals surface area contributed by atoms with E-state index in [0.29, 0.717) is 23.7 Å². The van der Waals surface area contributed by atoms with Crippen molar-refractivity contribution in [3.63, 3.8) is 0 Å². The van der Waals surface area contributed by atoms with E-state index in [1.54, 1.807) is 6.07 Å². The summed E-state index contributed by atoms with van der Waals surface area (Å²) in [7, 11) is 0. The van der Waals surface area contributed by atoms with Gasteiger partial charge < -0.3 is 10.6 Å². The lowest BCUT2D eigenvalue weighted by Gasteiger charge is -2.19. The first-order valence-electron chi connectivity index (χ1n) is 7.65. The number of halogens is 1. The maximum absolute atomic E-state index is 12.4. The summed E-state index contributed by atoms with van der Waals surface area (Å²) in [5.74, 6) is -0.375. The Kier molecular flexibility index (Phi) is 4.59. The third kappa shape index (κ3) is 3.35. The van der Waals surface area contributed by atoms with Crippen LogP contribution in [-0.2, 0) is 16.1 Å². The van der Waals surface area contributed by atoms with Crippen molar-refractivity contribution in [1.82, 2.24) is 15.5 Å². The number of carbonyl (C=O) groups excluding carboxylic acids is 3. The number of nitrogens with one attached hydrogen (secondary N) is 2. The van der Waals surface area contributed by atoms with Gasteiger partial charge in [0.05, 0.1) is 10.9 Å². The highest BCUT2D eigenvalue weighted by atomic mass is 35.5. The Bertz CT molecular complexity index is 640. The van der Waals surface area contributed by atoms with Crippen molar-refractivity contribution in [2.45, 2.75) is 44.2 Å². The summed E-state index contributed by atoms with van der Waals surface area (Å²) in [5.41, 5.74) is -0.707. The number of amides is 4. The average molecular weight is 356 g/mol. The summed E-state index contributed by atoms with van der Waals surface area (Å²) in [6.45, 7) is 0.518. The van der Waals surface area contributed by atoms with Gasteiger partial charge in [-0.2, -0.15) is 0 Å². The van der Waals surface area contributed by atoms with Crippen molar-refractivity contribution in [1.29, 1.82) is 0 Å². The minimum absolute atomic E-state index is 0.106. The molecule has 0 atom stereocenters. The second-order valence-corrected chi connectivity index (χ2v) is 7.71. The summed E-state index contributed by atoms with van der Waals surface area (Å²) in [4.78, 5) is 38.5. The molecular formula is C15H18ClN3O3S. The molecule has 1 spiro atoms. The number of thiophene rings is 1. The molecule has 23 heavy (non-hydrogen) atoms. The number of hydrogen-bond acceptors (Lipinski definition) is 4. The zero-order chi connectivity index (χ0) is 16.4. The lowest BCUT2D eigenvalue weighted by atomic mass is 9.98. The fourth-order valence-electron chi connectivity index (χ4n) is 3.13. The van der Waals surface area contributed by atoms with Crippen LogP contribution >= 0.6 is 22.9 Å². The Balaban J connectivity index is 1.49. The highest BCUT2D eigenvalue weighted by molar-refractivity contribution is 7.16. The number of hydrogen-bond donors (Lipinski definition) is 2. The molecule has 0 bridgehead atoms. The largest absolute Gasteiger partial charge is 0.351 e. The zero-order valence-electron chi connectivity index (χ0n) is 12.6. The van der Waals surface area contributed by atoms with Crippen LogP contribution in [-0.4, -0.2) is 34.8 Å². The molecule has 1 saturated heterocycles. The molecule has 124 valence electrons. The minimum Gasteiger partial charge on any atom is -0.351 e. The lowest BCUT2D eigenvalue weighted by Crippen LogP contribution is -2.44. The molecule has 1 saturated carbocycles. The van der Waals surface area contributed by atoms with E-state index in [4.69, 9.17) is 11.6 Å². The molecule has 8 heteroatoms. The molecule has 1 aromatic rings. The fourth-order valence-corrected chi connectivity index (χ4v) is 4.16. The van der Waals surface area contributed by atoms with E-state index < -0.39 is 5.54 Å². The molecule has 2 N–H and O–H groups in total. The van der Waals surface area contributed by atoms with Gasteiger partial charge in [-0.05, 0) is 25.0 Å². The molecule has 1 aromatic heterocycles. The number of nitrogens with zero attached hydrogens (tertiary/aromatic N) is 1. The fraction of sp³-hybridized carbons (Fsp3) is 0.533. The Morgan fingerprint density at radius 1 is 1.35 bits per heavy atom. The maximum atomic E-state index is 12.4. The van der Waals surface area contributed by atoms with Crippen LogP contribution in [0.5, 0.6) is 0 Å². The summed E-state index contributed by atoms with van der Waals surface area (Å²) in [6, 6.07) is 3.26. The number of imide groups is 1. The molecule has 0 unspecified atom stereocenters. The van der Waals surface area contributed by atoms with Crippen LogP contribution in [0.2, 0.25) is 4.34 Å². The molecule has 3 rings (SSSR count). The second-order valence-electron chi connectivity index (χ2n) is 5.91. The van der Waals surface area contributed by atoms with Gasteiger partial charge in [0.2, 0.25) is 5.91 Å². The normalized spacial score (nSPS) is 19.4. The average Bonchev–Trinajstić information content (AvgIpc) is 3.19. The minimum atomic E-state index is -0.707. The first kappa shape index (κ1) is 16.3. The summed E-state index contributed by atoms with van der Waals surface area (Å²) in [5, 5.41) is 5.58. The molecule has 4 amide bonds. The van der Waals surface area contributed by atoms with Gasteiger partial charge >= 0.3 is 6.03 Å². The van der Waals surface area contributed by atoms with Crippen LogP contribution in [0.1, 0.15) is 37.0 Å². The number of carbonyl (C=O) groups is 3. The number of urea groups is 1. The van der Waals surface area contributed by atoms with Crippen molar-refractivity contribution < 1.29 is 14.4 Å². The third-order valence-electron chi connectivity index (χ3n) is 4.35. The van der Waals surface area contributed by atoms with Gasteiger partial charge in [0.25, 0.3) is 5.91 Å². The van der Waals surface area contributed by atoms with Gasteiger partial charge in [-0.15, -0.1) is 11.3 Å². The van der Waals surface area contributed by atoms with E-state index in [0.717, 1.165) is 17.7 Å². The number of rotatable bonds is 5. The Morgan fingerprint density at radius 3 is 2.74 bits per heavy atom. The van der Waals surface area contributed by atoms with Crippen LogP contribution in [0.4, 0.5) is 4.79 Å². The van der Waals surface area contributed by atoms with Crippen LogP contribution in [0.25, 0.3) is 0 Å². The standard InChI is InChI=1S/C15H18ClN3O3S/c16-11-4-3-10(23-11)9-17-12(20)5-8-19-13(21)15(18-14(19)22)6-1-2-7-15/h3-4H,1-2,5-9H2,(H,17,20)(H,18,22). The molecule has 6 nitrogen and oxygen atoms in total. The van der Waals surface area contributed by atoms with Crippen LogP contribution < -0.4 is 10.6 Å². The monoisotopic (exact) mass is 355 g/mol. The topological polar surface area (TPSA) is 78.5 Å². The van der Waals surface area contributed by atoms with E-state index in [2.05, 4.69) is 10.6 Å². The Labute approximate surface area is 143 Å². The third-order valence-corrected chi connectivity index (χ3v) is 5.59. The molecule has 2 heterocycles. The summed E-state index contributed by atoms with van der Waals surface area (Å²) < 4.78 is 0.676. The quantitative estimate of drug-likeness (QED) is 0.795. The SMILES string of the molecule is O=C(CCN1C(=O)NC2(CCCC2)C1=O)NCc1ccc(Cl)s1. The molecular weight excluding hydrogens is 338 g/mol. The molecule has 0 aromatic carbocycles. The zero-order valence-corrected chi connectivity index (χ0v) is 14.1. The van der Waals surface area contributed by atoms with Gasteiger partial charge in [-0.25, -0.2) is 4.79 Å². The van der Waals surface area contributed by atoms with Gasteiger partial charge in [0, 0.05) is 17.8 Å². The Hall–Kier alpha value is -1.60. The highest BCUT2D eigenvalue weighted by Gasteiger charge is 2.52. The van der Waals surface area contributed by atoms with Crippen LogP contribution in [0.15, 0.2) is 12.1 Å². The van der Waals surface area contributed by atoms with E-state index >= 15 is 0 Å². The van der Waals surface area contributed by atoms with E-state index in [1.165, 1.54) is 16.2 Å². The lowest BCUT2D eigenvalue weighted by molar-refractivity contribution is -0.131. The van der Waals surface area contributed by atoms with Crippen molar-refractivity contribution in [2.24, 2.45) is 0 Å². The molecule has 0 radical (unpaired) electrons. The van der Waals surface area contributed by atoms with E-state index in [9.17, 15) is 14.4 Å². The first-order chi connectivity index (χ1) is 11.0. The van der Waals surface area contributed by atoms with Gasteiger partial charge in [-0.3, -0.25) is 14.5 Å². The molecule has 2 aliphatic rings. The Morgan fingerprint density at radius 2 is 2.09 bits per heavy atom. The van der Waals surface area contributed by atoms with E-state index in [-0.39, 0.29) is 30.8 Å². The molecule has 2 fully saturated rings. The maximum Gasteiger partial charge on any atom is 0.325 e. The molecule has 1 aliphatic carbocycles. The smallest absolute Gasteiger partial charge is 0.325 e. The van der Waals surface area contributed by atoms with Crippen molar-refractivity contribution in [3.8, 4) is 0 Å². The predicted molar refractivity (Wildman–Crippen MR) is 87.2 cm³/mol. The predicted octanol–water partition coefficient (Wildman–Crippen LogP) is 2.27. The second kappa shape index (κ2) is 6.49. The van der Waals surface area contributed by atoms with Crippen molar-refractivity contribution >= 4 is 40.8 Å². The van der Waals surface area contributed by atoms with Crippen LogP contribution in [0.3, 0.4) is 0 Å². The van der Waals surface area contributed by atoms with Gasteiger partial charge in [0.15, 0.2) is 0 Å². The first-order valence-corrected chi connectivity index (χ1v) is 8.85. The van der Waals surface area contributed by atoms with Crippen LogP contribution in [0, 0.1) is 0 Å².